The minimum Gasteiger partial charge on any atom is -0.479 e. The summed E-state index contributed by atoms with van der Waals surface area (Å²) in [6.07, 6.45) is -4.73. The summed E-state index contributed by atoms with van der Waals surface area (Å²) in [5, 5.41) is 56.0. The lowest BCUT2D eigenvalue weighted by molar-refractivity contribution is -0.255. The number of nitrogens with one attached hydrogen (secondary N) is 2. The zero-order valence-corrected chi connectivity index (χ0v) is 23.2. The van der Waals surface area contributed by atoms with Gasteiger partial charge in [0.05, 0.1) is 13.1 Å². The first-order valence-corrected chi connectivity index (χ1v) is 12.6. The highest BCUT2D eigenvalue weighted by atomic mass is 16.4. The molecule has 0 aromatic carbocycles. The molecular weight excluding hydrogens is 580 g/mol. The van der Waals surface area contributed by atoms with Crippen LogP contribution in [0.15, 0.2) is 28.8 Å². The van der Waals surface area contributed by atoms with Gasteiger partial charge in [-0.3, -0.25) is 47.0 Å². The van der Waals surface area contributed by atoms with E-state index in [1.54, 1.807) is 0 Å². The largest absolute Gasteiger partial charge is 0.479 e. The van der Waals surface area contributed by atoms with E-state index >= 15 is 0 Å². The molecule has 20 heteroatoms. The molecule has 0 spiro atoms. The molecule has 232 valence electrons. The second-order valence-corrected chi connectivity index (χ2v) is 11.1. The molecule has 4 aromatic heterocycles. The van der Waals surface area contributed by atoms with Crippen molar-refractivity contribution >= 4 is 28.3 Å². The number of carboxylic acid groups (broad SMARTS) is 1. The third-order valence-electron chi connectivity index (χ3n) is 8.25. The molecule has 20 nitrogen and oxygen atoms in total. The molecule has 7 N–H and O–H groups in total. The van der Waals surface area contributed by atoms with Crippen LogP contribution in [0.4, 0.5) is 0 Å². The van der Waals surface area contributed by atoms with Gasteiger partial charge >= 0.3 is 28.7 Å². The van der Waals surface area contributed by atoms with E-state index in [9.17, 15) is 59.1 Å². The van der Waals surface area contributed by atoms with Crippen molar-refractivity contribution in [1.82, 2.24) is 37.4 Å². The van der Waals surface area contributed by atoms with E-state index in [1.165, 1.54) is 14.1 Å². The van der Waals surface area contributed by atoms with Crippen LogP contribution in [0.5, 0.6) is 0 Å². The molecule has 1 fully saturated rings. The maximum absolute atomic E-state index is 13.1. The topological polar surface area (TPSA) is 282 Å². The van der Waals surface area contributed by atoms with Gasteiger partial charge in [-0.15, -0.1) is 0 Å². The van der Waals surface area contributed by atoms with Gasteiger partial charge in [-0.2, -0.15) is 0 Å². The Hall–Kier alpha value is -4.79. The highest BCUT2D eigenvalue weighted by molar-refractivity contribution is 5.78. The molecule has 2 atom stereocenters. The first kappa shape index (κ1) is 29.7. The van der Waals surface area contributed by atoms with Gasteiger partial charge in [-0.05, 0) is 0 Å². The number of rotatable bonds is 5. The Morgan fingerprint density at radius 2 is 1.07 bits per heavy atom. The van der Waals surface area contributed by atoms with Crippen molar-refractivity contribution in [3.05, 3.63) is 62.6 Å². The van der Waals surface area contributed by atoms with Gasteiger partial charge in [0, 0.05) is 41.0 Å². The number of fused-ring (bicyclic) bond motifs is 2. The lowest BCUT2D eigenvalue weighted by Crippen LogP contribution is -2.71. The van der Waals surface area contributed by atoms with Gasteiger partial charge in [0.25, 0.3) is 11.1 Å². The van der Waals surface area contributed by atoms with Crippen LogP contribution >= 0.6 is 0 Å². The average molecular weight is 609 g/mol. The first-order valence-electron chi connectivity index (χ1n) is 12.6. The second kappa shape index (κ2) is 9.10. The zero-order valence-electron chi connectivity index (χ0n) is 23.2. The first-order chi connectivity index (χ1) is 19.8. The Bertz CT molecular complexity index is 2080. The molecule has 0 aliphatic heterocycles. The molecule has 0 bridgehead atoms. The lowest BCUT2D eigenvalue weighted by atomic mass is 9.65. The van der Waals surface area contributed by atoms with Crippen molar-refractivity contribution in [3.63, 3.8) is 0 Å². The van der Waals surface area contributed by atoms with Crippen LogP contribution in [-0.2, 0) is 46.1 Å². The maximum atomic E-state index is 13.1. The minimum absolute atomic E-state index is 0.308. The van der Waals surface area contributed by atoms with Crippen LogP contribution in [0.3, 0.4) is 0 Å². The van der Waals surface area contributed by atoms with Crippen molar-refractivity contribution < 1.29 is 30.3 Å². The normalized spacial score (nSPS) is 26.0. The predicted octanol–water partition coefficient (Wildman–Crippen LogP) is -6.10. The smallest absolute Gasteiger partial charge is 0.335 e. The van der Waals surface area contributed by atoms with Crippen LogP contribution in [0, 0.1) is 0 Å². The quantitative estimate of drug-likeness (QED) is 0.111. The molecule has 0 radical (unpaired) electrons. The van der Waals surface area contributed by atoms with Gasteiger partial charge in [0.1, 0.15) is 28.6 Å². The van der Waals surface area contributed by atoms with Gasteiger partial charge in [-0.25, -0.2) is 24.0 Å². The van der Waals surface area contributed by atoms with Crippen molar-refractivity contribution in [2.24, 2.45) is 28.2 Å². The average Bonchev–Trinajstić information content (AvgIpc) is 3.39. The number of nitrogens with zero attached hydrogens (tertiary/aromatic N) is 6. The number of aliphatic hydroxyl groups excluding tert-OH is 1. The minimum atomic E-state index is -2.97. The summed E-state index contributed by atoms with van der Waals surface area (Å²) in [5.41, 5.74) is -15.7. The molecule has 1 aliphatic rings. The number of carboxylic acids is 1. The van der Waals surface area contributed by atoms with Crippen molar-refractivity contribution in [2.75, 3.05) is 0 Å². The number of aromatic amines is 2. The molecule has 43 heavy (non-hydrogen) atoms. The maximum Gasteiger partial charge on any atom is 0.335 e. The Morgan fingerprint density at radius 1 is 0.721 bits per heavy atom. The van der Waals surface area contributed by atoms with Gasteiger partial charge in [-0.1, -0.05) is 0 Å². The number of hydrogen-bond donors (Lipinski definition) is 7. The third-order valence-corrected chi connectivity index (χ3v) is 8.25. The van der Waals surface area contributed by atoms with Crippen LogP contribution in [-0.4, -0.2) is 91.8 Å². The van der Waals surface area contributed by atoms with E-state index in [2.05, 4.69) is 9.97 Å². The fourth-order valence-electron chi connectivity index (χ4n) is 5.98. The summed E-state index contributed by atoms with van der Waals surface area (Å²) < 4.78 is 4.29. The number of carbonyl (C=O) groups is 1. The Kier molecular flexibility index (Phi) is 6.29. The SMILES string of the molecule is Cn1c(=O)c2c([nH]c(=O)n2C)n(C[C@]2(O)CC(O)(C(=O)O)C[C@@](O)(Cn3c(=O)n(C)c(=O)c4c3[nH]c(=O)n4C)C2O)c1=O. The molecule has 1 saturated carbocycles. The summed E-state index contributed by atoms with van der Waals surface area (Å²) in [5.74, 6) is -1.94. The Labute approximate surface area is 236 Å². The molecule has 0 saturated heterocycles. The number of aliphatic hydroxyl groups is 4. The molecule has 4 aromatic rings. The monoisotopic (exact) mass is 608 g/mol. The van der Waals surface area contributed by atoms with Crippen molar-refractivity contribution in [3.8, 4) is 0 Å². The number of aryl methyl sites for hydroxylation is 2. The molecule has 0 unspecified atom stereocenters. The van der Waals surface area contributed by atoms with Gasteiger partial charge in [0.15, 0.2) is 16.6 Å². The van der Waals surface area contributed by atoms with Crippen LogP contribution in [0.25, 0.3) is 22.3 Å². The summed E-state index contributed by atoms with van der Waals surface area (Å²) in [6.45, 7) is -2.12. The van der Waals surface area contributed by atoms with E-state index in [1.807, 2.05) is 0 Å². The van der Waals surface area contributed by atoms with Crippen LogP contribution in [0.1, 0.15) is 12.8 Å². The van der Waals surface area contributed by atoms with E-state index in [0.717, 1.165) is 23.2 Å². The predicted molar refractivity (Wildman–Crippen MR) is 144 cm³/mol. The standard InChI is InChI=1S/C23H28N8O12/c1-26-9-11(24-17(26)37)30(19(39)28(3)13(9)32)7-22(42)5-21(41,16(35)36)6-23(43,15(22)34)8-31-12-10(27(2)18(38)25-12)14(33)29(4)20(31)40/h15,34,41-43H,5-8H2,1-4H3,(H,24,37)(H,25,38)(H,35,36)/t15?,21?,22-,23-/m1/s1. The number of aliphatic carboxylic acids is 1. The van der Waals surface area contributed by atoms with E-state index in [4.69, 9.17) is 0 Å². The van der Waals surface area contributed by atoms with Crippen LogP contribution < -0.4 is 33.9 Å². The third kappa shape index (κ3) is 4.01. The summed E-state index contributed by atoms with van der Waals surface area (Å²) in [4.78, 5) is 93.1. The lowest BCUT2D eigenvalue weighted by Gasteiger charge is -2.51. The number of aromatic nitrogens is 8. The Morgan fingerprint density at radius 3 is 1.40 bits per heavy atom. The van der Waals surface area contributed by atoms with Gasteiger partial charge in [0.2, 0.25) is 0 Å². The molecule has 1 aliphatic carbocycles. The molecular formula is C23H28N8O12. The summed E-state index contributed by atoms with van der Waals surface area (Å²) in [7, 11) is 4.59. The van der Waals surface area contributed by atoms with Crippen LogP contribution in [0.2, 0.25) is 0 Å². The molecule has 4 heterocycles. The Balaban J connectivity index is 1.73. The van der Waals surface area contributed by atoms with E-state index in [0.29, 0.717) is 18.3 Å². The number of hydrogen-bond acceptors (Lipinski definition) is 11. The van der Waals surface area contributed by atoms with Gasteiger partial charge < -0.3 is 25.5 Å². The second-order valence-electron chi connectivity index (χ2n) is 11.1. The number of imidazole rings is 2. The highest BCUT2D eigenvalue weighted by Crippen LogP contribution is 2.43. The summed E-state index contributed by atoms with van der Waals surface area (Å²) in [6, 6.07) is 0. The van der Waals surface area contributed by atoms with Crippen molar-refractivity contribution in [2.45, 2.75) is 48.8 Å². The molecule has 0 amide bonds. The van der Waals surface area contributed by atoms with Crippen molar-refractivity contribution in [1.29, 1.82) is 0 Å². The summed E-state index contributed by atoms with van der Waals surface area (Å²) >= 11 is 0. The fourth-order valence-corrected chi connectivity index (χ4v) is 5.98. The fraction of sp³-hybridized carbons (Fsp3) is 0.522. The molecule has 5 rings (SSSR count). The zero-order chi connectivity index (χ0) is 32.1. The van der Waals surface area contributed by atoms with E-state index < -0.39 is 100.0 Å². The highest BCUT2D eigenvalue weighted by Gasteiger charge is 2.63. The number of H-pyrrole nitrogens is 2. The van der Waals surface area contributed by atoms with E-state index in [-0.39, 0.29) is 11.0 Å².